The van der Waals surface area contributed by atoms with E-state index >= 15 is 0 Å². The second-order valence-electron chi connectivity index (χ2n) is 15.5. The van der Waals surface area contributed by atoms with Crippen LogP contribution >= 0.6 is 0 Å². The summed E-state index contributed by atoms with van der Waals surface area (Å²) in [6.07, 6.45) is 11.4. The van der Waals surface area contributed by atoms with E-state index in [0.29, 0.717) is 5.92 Å². The molecule has 1 amide bonds. The average molecular weight is 523 g/mol. The number of alkyl carbamates (subject to hydrolysis) is 1. The van der Waals surface area contributed by atoms with E-state index in [1.807, 2.05) is 6.20 Å². The molecule has 6 nitrogen and oxygen atoms in total. The quantitative estimate of drug-likeness (QED) is 0.440. The predicted octanol–water partition coefficient (Wildman–Crippen LogP) is 6.78. The summed E-state index contributed by atoms with van der Waals surface area (Å²) in [6, 6.07) is 0. The van der Waals surface area contributed by atoms with E-state index in [9.17, 15) is 9.59 Å². The first-order chi connectivity index (χ1) is 17.6. The first kappa shape index (κ1) is 26.1. The molecule has 1 heterocycles. The zero-order valence-corrected chi connectivity index (χ0v) is 24.6. The fraction of sp³-hybridized carbons (Fsp3) is 0.781. The van der Waals surface area contributed by atoms with Gasteiger partial charge in [0, 0.05) is 22.4 Å². The second-order valence-corrected chi connectivity index (χ2v) is 15.5. The van der Waals surface area contributed by atoms with Gasteiger partial charge in [0.25, 0.3) is 0 Å². The lowest BCUT2D eigenvalue weighted by atomic mass is 9.34. The number of rotatable bonds is 1. The molecule has 0 aliphatic heterocycles. The van der Waals surface area contributed by atoms with E-state index in [0.717, 1.165) is 57.1 Å². The molecule has 0 radical (unpaired) electrons. The van der Waals surface area contributed by atoms with Crippen molar-refractivity contribution in [2.45, 2.75) is 111 Å². The van der Waals surface area contributed by atoms with E-state index in [-0.39, 0.29) is 56.3 Å². The van der Waals surface area contributed by atoms with Crippen LogP contribution in [-0.4, -0.2) is 29.7 Å². The number of ketones is 1. The maximum absolute atomic E-state index is 14.5. The minimum atomic E-state index is -0.380. The largest absolute Gasteiger partial charge is 0.453 e. The van der Waals surface area contributed by atoms with Crippen molar-refractivity contribution in [3.8, 4) is 0 Å². The highest BCUT2D eigenvalue weighted by molar-refractivity contribution is 5.95. The standard InChI is InChI=1S/C32H46N2O4/c1-27(2)11-13-32(34-26(36)37-8)14-12-31(7)24(20(32)17-27)21(35)15-23-29(5)16-19-18-33-38-25(19)28(3,4)22(29)9-10-30(23,31)6/h15,18,20,22,24H,9-14,16-17H2,1-8H3,(H,34,36)/t20-,22-,24-,29-,30+,31+,32-/m0/s1. The van der Waals surface area contributed by atoms with Gasteiger partial charge in [0.1, 0.15) is 5.76 Å². The smallest absolute Gasteiger partial charge is 0.407 e. The van der Waals surface area contributed by atoms with Gasteiger partial charge in [-0.05, 0) is 90.9 Å². The maximum atomic E-state index is 14.5. The summed E-state index contributed by atoms with van der Waals surface area (Å²) in [5.74, 6) is 1.68. The lowest BCUT2D eigenvalue weighted by Gasteiger charge is -2.69. The Morgan fingerprint density at radius 2 is 1.76 bits per heavy atom. The zero-order valence-electron chi connectivity index (χ0n) is 24.6. The Bertz CT molecular complexity index is 1230. The van der Waals surface area contributed by atoms with Crippen LogP contribution in [0.5, 0.6) is 0 Å². The molecule has 208 valence electrons. The Kier molecular flexibility index (Phi) is 5.33. The number of methoxy groups -OCH3 is 1. The van der Waals surface area contributed by atoms with Crippen molar-refractivity contribution in [2.75, 3.05) is 7.11 Å². The van der Waals surface area contributed by atoms with E-state index in [1.165, 1.54) is 18.2 Å². The van der Waals surface area contributed by atoms with Gasteiger partial charge in [0.2, 0.25) is 0 Å². The minimum Gasteiger partial charge on any atom is -0.453 e. The second kappa shape index (κ2) is 7.75. The third kappa shape index (κ3) is 3.15. The zero-order chi connectivity index (χ0) is 27.5. The van der Waals surface area contributed by atoms with Crippen molar-refractivity contribution in [3.63, 3.8) is 0 Å². The highest BCUT2D eigenvalue weighted by atomic mass is 16.5. The summed E-state index contributed by atoms with van der Waals surface area (Å²) in [5, 5.41) is 7.49. The topological polar surface area (TPSA) is 81.4 Å². The third-order valence-electron chi connectivity index (χ3n) is 12.9. The molecule has 7 atom stereocenters. The fourth-order valence-electron chi connectivity index (χ4n) is 10.8. The SMILES string of the molecule is COC(=O)N[C@]12CCC(C)(C)C[C@H]1[C@H]1C(=O)C=C3[C@@]4(C)Cc5cnoc5C(C)(C)[C@@H]4CC[C@@]3(C)[C@]1(C)CC2. The van der Waals surface area contributed by atoms with Crippen LogP contribution in [0.2, 0.25) is 0 Å². The Labute approximate surface area is 227 Å². The van der Waals surface area contributed by atoms with Gasteiger partial charge in [-0.2, -0.15) is 0 Å². The summed E-state index contributed by atoms with van der Waals surface area (Å²) in [6.45, 7) is 16.5. The number of fused-ring (bicyclic) bond motifs is 8. The Hall–Kier alpha value is -2.11. The van der Waals surface area contributed by atoms with Crippen LogP contribution in [0.15, 0.2) is 22.4 Å². The van der Waals surface area contributed by atoms with Crippen molar-refractivity contribution in [1.82, 2.24) is 10.5 Å². The molecule has 3 fully saturated rings. The van der Waals surface area contributed by atoms with Gasteiger partial charge in [0.05, 0.1) is 13.3 Å². The average Bonchev–Trinajstić information content (AvgIpc) is 3.30. The molecule has 6 rings (SSSR count). The molecule has 1 aromatic heterocycles. The Morgan fingerprint density at radius 1 is 1.05 bits per heavy atom. The Morgan fingerprint density at radius 3 is 2.47 bits per heavy atom. The molecule has 1 aromatic rings. The molecule has 0 unspecified atom stereocenters. The number of allylic oxidation sites excluding steroid dienone is 2. The minimum absolute atomic E-state index is 0.0827. The van der Waals surface area contributed by atoms with Crippen LogP contribution in [0.4, 0.5) is 4.79 Å². The van der Waals surface area contributed by atoms with E-state index in [1.54, 1.807) is 0 Å². The molecule has 3 saturated carbocycles. The van der Waals surface area contributed by atoms with E-state index < -0.39 is 0 Å². The van der Waals surface area contributed by atoms with Crippen molar-refractivity contribution < 1.29 is 18.8 Å². The summed E-state index contributed by atoms with van der Waals surface area (Å²) in [4.78, 5) is 27.1. The maximum Gasteiger partial charge on any atom is 0.407 e. The highest BCUT2D eigenvalue weighted by Crippen LogP contribution is 2.73. The third-order valence-corrected chi connectivity index (χ3v) is 12.9. The molecular formula is C32H46N2O4. The molecule has 0 aromatic carbocycles. The highest BCUT2D eigenvalue weighted by Gasteiger charge is 2.70. The van der Waals surface area contributed by atoms with E-state index in [2.05, 4.69) is 65.0 Å². The molecule has 5 aliphatic rings. The van der Waals surface area contributed by atoms with Gasteiger partial charge < -0.3 is 14.6 Å². The molecular weight excluding hydrogens is 476 g/mol. The summed E-state index contributed by atoms with van der Waals surface area (Å²) in [5.41, 5.74) is 1.80. The number of carbonyl (C=O) groups excluding carboxylic acids is 2. The number of nitrogens with one attached hydrogen (secondary N) is 1. The molecule has 1 N–H and O–H groups in total. The van der Waals surface area contributed by atoms with Gasteiger partial charge in [-0.1, -0.05) is 59.2 Å². The van der Waals surface area contributed by atoms with Gasteiger partial charge in [-0.25, -0.2) is 4.79 Å². The first-order valence-corrected chi connectivity index (χ1v) is 14.7. The molecule has 5 aliphatic carbocycles. The number of carbonyl (C=O) groups is 2. The lowest BCUT2D eigenvalue weighted by molar-refractivity contribution is -0.160. The molecule has 0 saturated heterocycles. The molecule has 6 heteroatoms. The van der Waals surface area contributed by atoms with E-state index in [4.69, 9.17) is 9.26 Å². The first-order valence-electron chi connectivity index (χ1n) is 14.7. The molecule has 38 heavy (non-hydrogen) atoms. The number of ether oxygens (including phenoxy) is 1. The monoisotopic (exact) mass is 522 g/mol. The lowest BCUT2D eigenvalue weighted by Crippen LogP contribution is -2.69. The van der Waals surface area contributed by atoms with Crippen LogP contribution in [0.25, 0.3) is 0 Å². The normalized spacial score (nSPS) is 44.4. The van der Waals surface area contributed by atoms with Crippen molar-refractivity contribution >= 4 is 11.9 Å². The van der Waals surface area contributed by atoms with Gasteiger partial charge in [0.15, 0.2) is 5.78 Å². The molecule has 0 spiro atoms. The number of aromatic nitrogens is 1. The molecule has 0 bridgehead atoms. The summed E-state index contributed by atoms with van der Waals surface area (Å²) >= 11 is 0. The van der Waals surface area contributed by atoms with Crippen LogP contribution < -0.4 is 5.32 Å². The summed E-state index contributed by atoms with van der Waals surface area (Å²) in [7, 11) is 1.44. The fourth-order valence-corrected chi connectivity index (χ4v) is 10.8. The van der Waals surface area contributed by atoms with Crippen molar-refractivity contribution in [2.24, 2.45) is 39.4 Å². The van der Waals surface area contributed by atoms with Crippen molar-refractivity contribution in [1.29, 1.82) is 0 Å². The van der Waals surface area contributed by atoms with Crippen LogP contribution in [0, 0.1) is 39.4 Å². The Balaban J connectivity index is 1.48. The van der Waals surface area contributed by atoms with Gasteiger partial charge in [-0.3, -0.25) is 4.79 Å². The van der Waals surface area contributed by atoms with Crippen LogP contribution in [0.3, 0.4) is 0 Å². The van der Waals surface area contributed by atoms with Crippen LogP contribution in [0.1, 0.15) is 105 Å². The number of hydrogen-bond acceptors (Lipinski definition) is 5. The number of hydrogen-bond donors (Lipinski definition) is 1. The van der Waals surface area contributed by atoms with Crippen molar-refractivity contribution in [3.05, 3.63) is 29.2 Å². The van der Waals surface area contributed by atoms with Gasteiger partial charge in [-0.15, -0.1) is 0 Å². The number of nitrogens with zero attached hydrogens (tertiary/aromatic N) is 1. The number of amides is 1. The van der Waals surface area contributed by atoms with Gasteiger partial charge >= 0.3 is 6.09 Å². The predicted molar refractivity (Wildman–Crippen MR) is 145 cm³/mol. The van der Waals surface area contributed by atoms with Crippen LogP contribution in [-0.2, 0) is 21.4 Å². The summed E-state index contributed by atoms with van der Waals surface area (Å²) < 4.78 is 10.9.